The summed E-state index contributed by atoms with van der Waals surface area (Å²) >= 11 is 2.27. The monoisotopic (exact) mass is 453 g/mol. The first-order chi connectivity index (χ1) is 13.9. The van der Waals surface area contributed by atoms with Crippen molar-refractivity contribution in [2.45, 2.75) is 5.37 Å². The molecule has 0 saturated carbocycles. The Bertz CT molecular complexity index is 1060. The van der Waals surface area contributed by atoms with Gasteiger partial charge in [-0.15, -0.1) is 11.3 Å². The summed E-state index contributed by atoms with van der Waals surface area (Å²) in [4.78, 5) is 25.1. The van der Waals surface area contributed by atoms with Crippen molar-refractivity contribution in [3.05, 3.63) is 45.5 Å². The minimum atomic E-state index is -3.76. The summed E-state index contributed by atoms with van der Waals surface area (Å²) in [5, 5.41) is 2.93. The van der Waals surface area contributed by atoms with Crippen LogP contribution in [0.2, 0.25) is 0 Å². The average molecular weight is 454 g/mol. The molecule has 0 aliphatic carbocycles. The summed E-state index contributed by atoms with van der Waals surface area (Å²) in [5.41, 5.74) is 5.47. The molecule has 2 unspecified atom stereocenters. The Kier molecular flexibility index (Phi) is 5.67. The van der Waals surface area contributed by atoms with Gasteiger partial charge in [-0.25, -0.2) is 8.42 Å². The van der Waals surface area contributed by atoms with Crippen LogP contribution in [0.3, 0.4) is 0 Å². The normalized spacial score (nSPS) is 23.1. The molecule has 1 fully saturated rings. The molecule has 2 aliphatic heterocycles. The van der Waals surface area contributed by atoms with E-state index >= 15 is 0 Å². The molecule has 1 aromatic carbocycles. The van der Waals surface area contributed by atoms with Gasteiger partial charge >= 0.3 is 0 Å². The lowest BCUT2D eigenvalue weighted by Gasteiger charge is -2.26. The van der Waals surface area contributed by atoms with Crippen LogP contribution >= 0.6 is 23.1 Å². The zero-order valence-corrected chi connectivity index (χ0v) is 17.7. The minimum Gasteiger partial charge on any atom is -0.379 e. The second kappa shape index (κ2) is 8.07. The Morgan fingerprint density at radius 2 is 1.93 bits per heavy atom. The van der Waals surface area contributed by atoms with Crippen LogP contribution in [0.5, 0.6) is 0 Å². The van der Waals surface area contributed by atoms with Gasteiger partial charge in [0.2, 0.25) is 15.9 Å². The highest BCUT2D eigenvalue weighted by Gasteiger charge is 2.41. The SMILES string of the molecule is NC(=O)C1C=C(S(=O)(=O)N2CCOCC2)SC1NC(=O)c1cc2ccccc2s1. The average Bonchev–Trinajstić information content (AvgIpc) is 3.33. The molecule has 11 heteroatoms. The summed E-state index contributed by atoms with van der Waals surface area (Å²) < 4.78 is 33.3. The molecule has 0 spiro atoms. The molecule has 29 heavy (non-hydrogen) atoms. The van der Waals surface area contributed by atoms with Crippen molar-refractivity contribution in [2.24, 2.45) is 11.7 Å². The molecule has 3 N–H and O–H groups in total. The molecule has 2 aromatic rings. The number of carbonyl (C=O) groups is 2. The van der Waals surface area contributed by atoms with E-state index in [1.807, 2.05) is 24.3 Å². The number of carbonyl (C=O) groups excluding carboxylic acids is 2. The number of nitrogens with two attached hydrogens (primary N) is 1. The molecular weight excluding hydrogens is 434 g/mol. The van der Waals surface area contributed by atoms with E-state index in [2.05, 4.69) is 5.32 Å². The summed E-state index contributed by atoms with van der Waals surface area (Å²) in [6.45, 7) is 1.14. The van der Waals surface area contributed by atoms with Crippen LogP contribution in [0.15, 0.2) is 40.6 Å². The summed E-state index contributed by atoms with van der Waals surface area (Å²) in [6, 6.07) is 9.38. The minimum absolute atomic E-state index is 0.0323. The van der Waals surface area contributed by atoms with E-state index in [-0.39, 0.29) is 23.2 Å². The molecule has 4 rings (SSSR count). The predicted molar refractivity (Wildman–Crippen MR) is 113 cm³/mol. The number of amides is 2. The van der Waals surface area contributed by atoms with Crippen LogP contribution in [-0.2, 0) is 19.6 Å². The van der Waals surface area contributed by atoms with Crippen LogP contribution < -0.4 is 11.1 Å². The first-order valence-corrected chi connectivity index (χ1v) is 12.0. The number of sulfonamides is 1. The molecule has 154 valence electrons. The first kappa shape index (κ1) is 20.4. The largest absolute Gasteiger partial charge is 0.379 e. The molecule has 1 saturated heterocycles. The van der Waals surface area contributed by atoms with Crippen molar-refractivity contribution in [2.75, 3.05) is 26.3 Å². The Balaban J connectivity index is 1.53. The Labute approximate surface area is 176 Å². The molecule has 3 heterocycles. The van der Waals surface area contributed by atoms with Crippen molar-refractivity contribution >= 4 is 55.0 Å². The number of fused-ring (bicyclic) bond motifs is 1. The number of ether oxygens (including phenoxy) is 1. The second-order valence-corrected chi connectivity index (χ2v) is 11.0. The van der Waals surface area contributed by atoms with Gasteiger partial charge in [-0.2, -0.15) is 4.31 Å². The van der Waals surface area contributed by atoms with E-state index in [1.54, 1.807) is 6.07 Å². The number of hydrogen-bond donors (Lipinski definition) is 2. The van der Waals surface area contributed by atoms with Crippen LogP contribution in [0.1, 0.15) is 9.67 Å². The number of thiophene rings is 1. The lowest BCUT2D eigenvalue weighted by Crippen LogP contribution is -2.41. The van der Waals surface area contributed by atoms with Gasteiger partial charge in [0.05, 0.1) is 29.4 Å². The third kappa shape index (κ3) is 4.05. The number of rotatable bonds is 5. The standard InChI is InChI=1S/C18H19N3O5S3/c19-16(22)12-10-15(29(24,25)21-5-7-26-8-6-21)28-18(12)20-17(23)14-9-11-3-1-2-4-13(11)27-14/h1-4,9-10,12,18H,5-8H2,(H2,19,22)(H,20,23). The smallest absolute Gasteiger partial charge is 0.262 e. The van der Waals surface area contributed by atoms with E-state index < -0.39 is 27.2 Å². The maximum Gasteiger partial charge on any atom is 0.262 e. The Morgan fingerprint density at radius 3 is 2.62 bits per heavy atom. The number of thioether (sulfide) groups is 1. The fourth-order valence-electron chi connectivity index (χ4n) is 3.18. The van der Waals surface area contributed by atoms with Gasteiger partial charge in [0, 0.05) is 17.8 Å². The number of primary amides is 1. The number of nitrogens with zero attached hydrogens (tertiary/aromatic N) is 1. The molecule has 0 radical (unpaired) electrons. The maximum absolute atomic E-state index is 12.9. The predicted octanol–water partition coefficient (Wildman–Crippen LogP) is 1.31. The number of benzene rings is 1. The second-order valence-electron chi connectivity index (χ2n) is 6.59. The van der Waals surface area contributed by atoms with Crippen LogP contribution in [0, 0.1) is 5.92 Å². The fraction of sp³-hybridized carbons (Fsp3) is 0.333. The van der Waals surface area contributed by atoms with E-state index in [9.17, 15) is 18.0 Å². The molecule has 1 aromatic heterocycles. The highest BCUT2D eigenvalue weighted by atomic mass is 32.3. The lowest BCUT2D eigenvalue weighted by atomic mass is 10.1. The van der Waals surface area contributed by atoms with Crippen LogP contribution in [0.4, 0.5) is 0 Å². The van der Waals surface area contributed by atoms with E-state index in [4.69, 9.17) is 10.5 Å². The quantitative estimate of drug-likeness (QED) is 0.705. The van der Waals surface area contributed by atoms with Gasteiger partial charge in [0.25, 0.3) is 5.91 Å². The Morgan fingerprint density at radius 1 is 1.21 bits per heavy atom. The van der Waals surface area contributed by atoms with Crippen molar-refractivity contribution in [3.63, 3.8) is 0 Å². The van der Waals surface area contributed by atoms with Crippen molar-refractivity contribution in [1.82, 2.24) is 9.62 Å². The molecule has 2 amide bonds. The van der Waals surface area contributed by atoms with Crippen molar-refractivity contribution < 1.29 is 22.7 Å². The summed E-state index contributed by atoms with van der Waals surface area (Å²) in [6.07, 6.45) is 1.34. The van der Waals surface area contributed by atoms with Gasteiger partial charge in [-0.3, -0.25) is 9.59 Å². The molecule has 8 nitrogen and oxygen atoms in total. The summed E-state index contributed by atoms with van der Waals surface area (Å²) in [5.74, 6) is -1.97. The highest BCUT2D eigenvalue weighted by Crippen LogP contribution is 2.40. The zero-order valence-electron chi connectivity index (χ0n) is 15.2. The molecular formula is C18H19N3O5S3. The maximum atomic E-state index is 12.9. The van der Waals surface area contributed by atoms with E-state index in [0.717, 1.165) is 21.8 Å². The zero-order chi connectivity index (χ0) is 20.6. The molecule has 0 bridgehead atoms. The van der Waals surface area contributed by atoms with Gasteiger partial charge in [0.15, 0.2) is 0 Å². The van der Waals surface area contributed by atoms with Crippen molar-refractivity contribution in [3.8, 4) is 0 Å². The third-order valence-corrected chi connectivity index (χ3v) is 9.46. The van der Waals surface area contributed by atoms with Gasteiger partial charge in [0.1, 0.15) is 4.24 Å². The van der Waals surface area contributed by atoms with Crippen LogP contribution in [-0.4, -0.2) is 56.2 Å². The first-order valence-electron chi connectivity index (χ1n) is 8.91. The van der Waals surface area contributed by atoms with E-state index in [1.165, 1.54) is 21.7 Å². The number of hydrogen-bond acceptors (Lipinski definition) is 7. The van der Waals surface area contributed by atoms with Gasteiger partial charge in [-0.05, 0) is 23.6 Å². The van der Waals surface area contributed by atoms with Gasteiger partial charge < -0.3 is 15.8 Å². The van der Waals surface area contributed by atoms with Crippen molar-refractivity contribution in [1.29, 1.82) is 0 Å². The lowest BCUT2D eigenvalue weighted by molar-refractivity contribution is -0.120. The topological polar surface area (TPSA) is 119 Å². The number of morpholine rings is 1. The number of nitrogens with one attached hydrogen (secondary N) is 1. The summed E-state index contributed by atoms with van der Waals surface area (Å²) in [7, 11) is -3.76. The molecule has 2 atom stereocenters. The Hall–Kier alpha value is -1.92. The third-order valence-electron chi connectivity index (χ3n) is 4.70. The fourth-order valence-corrected chi connectivity index (χ4v) is 7.46. The van der Waals surface area contributed by atoms with Gasteiger partial charge in [-0.1, -0.05) is 30.0 Å². The molecule has 2 aliphatic rings. The highest BCUT2D eigenvalue weighted by molar-refractivity contribution is 8.18. The van der Waals surface area contributed by atoms with E-state index in [0.29, 0.717) is 18.1 Å². The van der Waals surface area contributed by atoms with Crippen LogP contribution in [0.25, 0.3) is 10.1 Å².